The second kappa shape index (κ2) is 10.0. The topological polar surface area (TPSA) is 74.9 Å². The summed E-state index contributed by atoms with van der Waals surface area (Å²) in [5, 5.41) is 1.06. The molecule has 1 N–H and O–H groups in total. The first-order chi connectivity index (χ1) is 19.3. The summed E-state index contributed by atoms with van der Waals surface area (Å²) >= 11 is 0. The molecule has 2 amide bonds. The Balaban J connectivity index is 1.46. The summed E-state index contributed by atoms with van der Waals surface area (Å²) in [6, 6.07) is 22.2. The lowest BCUT2D eigenvalue weighted by Crippen LogP contribution is -2.67. The SMILES string of the molecule is CCCOc1ccc(C2CN3C(=O)CN(Cc4ccc(C)cc4)C(=O)C3(C)c3[nH]c4ccccc4c32)cc1OC. The Bertz CT molecular complexity index is 1590. The highest BCUT2D eigenvalue weighted by Crippen LogP contribution is 2.49. The fraction of sp³-hybridized carbons (Fsp3) is 0.333. The van der Waals surface area contributed by atoms with Gasteiger partial charge in [0.2, 0.25) is 5.91 Å². The summed E-state index contributed by atoms with van der Waals surface area (Å²) in [5.41, 5.74) is 4.82. The van der Waals surface area contributed by atoms with Crippen LogP contribution in [0.2, 0.25) is 0 Å². The van der Waals surface area contributed by atoms with Gasteiger partial charge in [0.05, 0.1) is 19.4 Å². The number of benzene rings is 3. The molecular weight excluding hydrogens is 502 g/mol. The lowest BCUT2D eigenvalue weighted by molar-refractivity contribution is -0.166. The normalized spacial score (nSPS) is 20.4. The molecule has 2 aliphatic heterocycles. The maximum atomic E-state index is 14.3. The molecule has 0 aliphatic carbocycles. The van der Waals surface area contributed by atoms with Gasteiger partial charge in [-0.15, -0.1) is 0 Å². The van der Waals surface area contributed by atoms with E-state index in [4.69, 9.17) is 9.47 Å². The van der Waals surface area contributed by atoms with Crippen LogP contribution in [0, 0.1) is 6.92 Å². The van der Waals surface area contributed by atoms with E-state index >= 15 is 0 Å². The first-order valence-corrected chi connectivity index (χ1v) is 13.9. The van der Waals surface area contributed by atoms with Crippen LogP contribution in [-0.2, 0) is 21.7 Å². The number of methoxy groups -OCH3 is 1. The van der Waals surface area contributed by atoms with Gasteiger partial charge in [-0.3, -0.25) is 9.59 Å². The molecule has 3 heterocycles. The predicted molar refractivity (Wildman–Crippen MR) is 155 cm³/mol. The molecule has 1 saturated heterocycles. The van der Waals surface area contributed by atoms with Crippen molar-refractivity contribution in [3.8, 4) is 11.5 Å². The fourth-order valence-corrected chi connectivity index (χ4v) is 6.25. The Hall–Kier alpha value is -4.26. The van der Waals surface area contributed by atoms with Gasteiger partial charge in [0.15, 0.2) is 17.0 Å². The van der Waals surface area contributed by atoms with Crippen molar-refractivity contribution in [1.82, 2.24) is 14.8 Å². The number of para-hydroxylation sites is 1. The van der Waals surface area contributed by atoms with E-state index in [1.807, 2.05) is 74.5 Å². The number of amides is 2. The van der Waals surface area contributed by atoms with Crippen LogP contribution < -0.4 is 9.47 Å². The van der Waals surface area contributed by atoms with E-state index in [0.717, 1.165) is 45.3 Å². The molecule has 1 fully saturated rings. The summed E-state index contributed by atoms with van der Waals surface area (Å²) in [7, 11) is 1.64. The number of rotatable bonds is 7. The number of H-pyrrole nitrogens is 1. The van der Waals surface area contributed by atoms with Crippen LogP contribution in [0.15, 0.2) is 66.7 Å². The second-order valence-electron chi connectivity index (χ2n) is 11.0. The molecule has 0 spiro atoms. The van der Waals surface area contributed by atoms with Gasteiger partial charge in [0, 0.05) is 29.9 Å². The molecule has 0 radical (unpaired) electrons. The van der Waals surface area contributed by atoms with Gasteiger partial charge in [0.25, 0.3) is 5.91 Å². The number of aryl methyl sites for hydroxylation is 1. The third-order valence-electron chi connectivity index (χ3n) is 8.36. The number of aromatic nitrogens is 1. The second-order valence-corrected chi connectivity index (χ2v) is 11.0. The Kier molecular flexibility index (Phi) is 6.53. The predicted octanol–water partition coefficient (Wildman–Crippen LogP) is 5.51. The first-order valence-electron chi connectivity index (χ1n) is 13.9. The highest BCUT2D eigenvalue weighted by Gasteiger charge is 2.56. The fourth-order valence-electron chi connectivity index (χ4n) is 6.25. The Morgan fingerprint density at radius 2 is 1.80 bits per heavy atom. The van der Waals surface area contributed by atoms with Gasteiger partial charge < -0.3 is 24.3 Å². The zero-order valence-electron chi connectivity index (χ0n) is 23.5. The molecule has 2 unspecified atom stereocenters. The van der Waals surface area contributed by atoms with Crippen molar-refractivity contribution in [3.63, 3.8) is 0 Å². The average molecular weight is 538 g/mol. The molecular formula is C33H35N3O4. The molecule has 6 rings (SSSR count). The smallest absolute Gasteiger partial charge is 0.255 e. The van der Waals surface area contributed by atoms with Crippen molar-refractivity contribution in [3.05, 3.63) is 94.7 Å². The number of nitrogens with one attached hydrogen (secondary N) is 1. The number of carbonyl (C=O) groups excluding carboxylic acids is 2. The van der Waals surface area contributed by atoms with E-state index in [1.165, 1.54) is 0 Å². The Morgan fingerprint density at radius 1 is 1.02 bits per heavy atom. The molecule has 40 heavy (non-hydrogen) atoms. The van der Waals surface area contributed by atoms with Crippen molar-refractivity contribution < 1.29 is 19.1 Å². The minimum Gasteiger partial charge on any atom is -0.493 e. The van der Waals surface area contributed by atoms with Crippen molar-refractivity contribution in [1.29, 1.82) is 0 Å². The number of hydrogen-bond donors (Lipinski definition) is 1. The van der Waals surface area contributed by atoms with Crippen LogP contribution in [0.25, 0.3) is 10.9 Å². The zero-order chi connectivity index (χ0) is 28.0. The first kappa shape index (κ1) is 26.0. The number of aromatic amines is 1. The minimum atomic E-state index is -1.14. The van der Waals surface area contributed by atoms with E-state index in [1.54, 1.807) is 16.9 Å². The average Bonchev–Trinajstić information content (AvgIpc) is 3.37. The molecule has 1 aromatic heterocycles. The lowest BCUT2D eigenvalue weighted by atomic mass is 9.76. The highest BCUT2D eigenvalue weighted by molar-refractivity contribution is 6.01. The molecule has 7 heteroatoms. The maximum absolute atomic E-state index is 14.3. The van der Waals surface area contributed by atoms with Gasteiger partial charge in [0.1, 0.15) is 6.54 Å². The summed E-state index contributed by atoms with van der Waals surface area (Å²) in [6.45, 7) is 7.44. The molecule has 0 saturated carbocycles. The van der Waals surface area contributed by atoms with Crippen LogP contribution in [0.4, 0.5) is 0 Å². The van der Waals surface area contributed by atoms with Gasteiger partial charge in [-0.2, -0.15) is 0 Å². The number of nitrogens with zero attached hydrogens (tertiary/aromatic N) is 2. The molecule has 2 atom stereocenters. The number of carbonyl (C=O) groups is 2. The van der Waals surface area contributed by atoms with Crippen molar-refractivity contribution in [2.45, 2.75) is 45.2 Å². The number of fused-ring (bicyclic) bond motifs is 5. The van der Waals surface area contributed by atoms with E-state index in [9.17, 15) is 9.59 Å². The third-order valence-corrected chi connectivity index (χ3v) is 8.36. The molecule has 206 valence electrons. The number of ether oxygens (including phenoxy) is 2. The number of hydrogen-bond acceptors (Lipinski definition) is 4. The summed E-state index contributed by atoms with van der Waals surface area (Å²) < 4.78 is 11.6. The third kappa shape index (κ3) is 4.12. The van der Waals surface area contributed by atoms with Gasteiger partial charge in [-0.1, -0.05) is 61.0 Å². The standard InChI is InChI=1S/C33H35N3O4/c1-5-16-40-27-15-14-23(17-28(27)39-4)25-19-36-29(37)20-35(18-22-12-10-21(2)11-13-22)32(38)33(36,3)31-30(25)24-8-6-7-9-26(24)34-31/h6-15,17,25,34H,5,16,18-20H2,1-4H3. The molecule has 0 bridgehead atoms. The highest BCUT2D eigenvalue weighted by atomic mass is 16.5. The van der Waals surface area contributed by atoms with E-state index < -0.39 is 5.54 Å². The number of piperazine rings is 1. The Morgan fingerprint density at radius 3 is 2.55 bits per heavy atom. The largest absolute Gasteiger partial charge is 0.493 e. The van der Waals surface area contributed by atoms with E-state index in [0.29, 0.717) is 31.2 Å². The molecule has 4 aromatic rings. The van der Waals surface area contributed by atoms with Crippen LogP contribution in [-0.4, -0.2) is 53.4 Å². The lowest BCUT2D eigenvalue weighted by Gasteiger charge is -2.51. The van der Waals surface area contributed by atoms with Gasteiger partial charge >= 0.3 is 0 Å². The monoisotopic (exact) mass is 537 g/mol. The molecule has 3 aromatic carbocycles. The van der Waals surface area contributed by atoms with Crippen molar-refractivity contribution in [2.75, 3.05) is 26.8 Å². The summed E-state index contributed by atoms with van der Waals surface area (Å²) in [5.74, 6) is 1.09. The Labute approximate surface area is 234 Å². The van der Waals surface area contributed by atoms with Crippen molar-refractivity contribution >= 4 is 22.7 Å². The van der Waals surface area contributed by atoms with E-state index in [-0.39, 0.29) is 24.3 Å². The van der Waals surface area contributed by atoms with Crippen molar-refractivity contribution in [2.24, 2.45) is 0 Å². The maximum Gasteiger partial charge on any atom is 0.255 e. The molecule has 7 nitrogen and oxygen atoms in total. The van der Waals surface area contributed by atoms with Crippen LogP contribution in [0.3, 0.4) is 0 Å². The van der Waals surface area contributed by atoms with Crippen LogP contribution in [0.5, 0.6) is 11.5 Å². The van der Waals surface area contributed by atoms with Gasteiger partial charge in [-0.05, 0) is 55.2 Å². The molecule has 2 aliphatic rings. The van der Waals surface area contributed by atoms with E-state index in [2.05, 4.69) is 18.0 Å². The van der Waals surface area contributed by atoms with Gasteiger partial charge in [-0.25, -0.2) is 0 Å². The zero-order valence-corrected chi connectivity index (χ0v) is 23.5. The van der Waals surface area contributed by atoms with Crippen LogP contribution >= 0.6 is 0 Å². The summed E-state index contributed by atoms with van der Waals surface area (Å²) in [4.78, 5) is 35.1. The minimum absolute atomic E-state index is 0.0533. The summed E-state index contributed by atoms with van der Waals surface area (Å²) in [6.07, 6.45) is 0.900. The van der Waals surface area contributed by atoms with Crippen LogP contribution in [0.1, 0.15) is 54.1 Å². The quantitative estimate of drug-likeness (QED) is 0.338.